The zero-order valence-corrected chi connectivity index (χ0v) is 13.7. The monoisotopic (exact) mass is 328 g/mol. The molecule has 6 heteroatoms. The lowest BCUT2D eigenvalue weighted by atomic mass is 10.2. The van der Waals surface area contributed by atoms with E-state index in [0.717, 1.165) is 28.4 Å². The summed E-state index contributed by atoms with van der Waals surface area (Å²) in [7, 11) is 1.60. The second kappa shape index (κ2) is 6.26. The maximum atomic E-state index is 12.5. The lowest BCUT2D eigenvalue weighted by Crippen LogP contribution is -2.28. The summed E-state index contributed by atoms with van der Waals surface area (Å²) < 4.78 is 7.77. The number of rotatable bonds is 4. The van der Waals surface area contributed by atoms with Crippen molar-refractivity contribution in [2.45, 2.75) is 13.5 Å². The molecule has 0 atom stereocenters. The van der Waals surface area contributed by atoms with E-state index in [-0.39, 0.29) is 17.1 Å². The van der Waals surface area contributed by atoms with E-state index in [1.807, 2.05) is 55.5 Å². The van der Waals surface area contributed by atoms with Crippen LogP contribution in [0.4, 0.5) is 0 Å². The van der Waals surface area contributed by atoms with Gasteiger partial charge in [0.1, 0.15) is 5.75 Å². The molecule has 1 aromatic heterocycles. The normalized spacial score (nSPS) is 10.7. The molecule has 0 bridgehead atoms. The van der Waals surface area contributed by atoms with Gasteiger partial charge in [0, 0.05) is 11.5 Å². The Morgan fingerprint density at radius 1 is 1.00 bits per heavy atom. The number of hydrogen-bond acceptors (Lipinski definition) is 4. The molecule has 1 heterocycles. The molecule has 23 heavy (non-hydrogen) atoms. The summed E-state index contributed by atoms with van der Waals surface area (Å²) in [6.07, 6.45) is 0. The molecule has 0 amide bonds. The van der Waals surface area contributed by atoms with Crippen LogP contribution in [-0.2, 0) is 6.54 Å². The third-order valence-electron chi connectivity index (χ3n) is 3.56. The van der Waals surface area contributed by atoms with Crippen molar-refractivity contribution in [1.82, 2.24) is 8.52 Å². The number of nitrogens with zero attached hydrogens (tertiary/aromatic N) is 2. The highest BCUT2D eigenvalue weighted by molar-refractivity contribution is 7.03. The van der Waals surface area contributed by atoms with Gasteiger partial charge in [-0.1, -0.05) is 29.8 Å². The van der Waals surface area contributed by atoms with E-state index in [9.17, 15) is 9.59 Å². The molecule has 0 aliphatic heterocycles. The summed E-state index contributed by atoms with van der Waals surface area (Å²) in [5, 5.41) is 0. The van der Waals surface area contributed by atoms with Crippen LogP contribution in [0.1, 0.15) is 11.1 Å². The molecule has 0 spiro atoms. The first-order valence-corrected chi connectivity index (χ1v) is 7.89. The maximum absolute atomic E-state index is 12.5. The lowest BCUT2D eigenvalue weighted by molar-refractivity contribution is 0.414. The van der Waals surface area contributed by atoms with Crippen LogP contribution < -0.4 is 15.3 Å². The first-order valence-electron chi connectivity index (χ1n) is 7.11. The van der Waals surface area contributed by atoms with E-state index in [1.165, 1.54) is 8.52 Å². The predicted octanol–water partition coefficient (Wildman–Crippen LogP) is 2.43. The highest BCUT2D eigenvalue weighted by atomic mass is 32.1. The van der Waals surface area contributed by atoms with Gasteiger partial charge in [-0.05, 0) is 36.8 Å². The molecule has 0 unspecified atom stereocenters. The number of aromatic nitrogens is 2. The third kappa shape index (κ3) is 3.12. The Hall–Kier alpha value is -2.60. The minimum absolute atomic E-state index is 0.247. The fourth-order valence-corrected chi connectivity index (χ4v) is 3.04. The number of hydrogen-bond donors (Lipinski definition) is 0. The molecule has 2 aromatic carbocycles. The zero-order valence-electron chi connectivity index (χ0n) is 12.9. The number of aryl methyl sites for hydroxylation is 1. The summed E-state index contributed by atoms with van der Waals surface area (Å²) >= 11 is 0.914. The standard InChI is InChI=1S/C17H16N2O3S/c1-12-3-7-14(8-4-12)19-16(20)18(17(21)23-19)11-13-5-9-15(22-2)10-6-13/h3-10H,11H2,1-2H3. The highest BCUT2D eigenvalue weighted by Crippen LogP contribution is 2.12. The zero-order chi connectivity index (χ0) is 16.4. The van der Waals surface area contributed by atoms with Crippen LogP contribution in [0.25, 0.3) is 5.69 Å². The van der Waals surface area contributed by atoms with Crippen molar-refractivity contribution in [3.63, 3.8) is 0 Å². The van der Waals surface area contributed by atoms with Crippen LogP contribution in [0, 0.1) is 6.92 Å². The average molecular weight is 328 g/mol. The van der Waals surface area contributed by atoms with Gasteiger partial charge in [-0.2, -0.15) is 0 Å². The molecule has 0 saturated heterocycles. The first-order chi connectivity index (χ1) is 11.1. The van der Waals surface area contributed by atoms with Crippen molar-refractivity contribution in [1.29, 1.82) is 0 Å². The van der Waals surface area contributed by atoms with Crippen molar-refractivity contribution in [2.75, 3.05) is 7.11 Å². The smallest absolute Gasteiger partial charge is 0.346 e. The second-order valence-electron chi connectivity index (χ2n) is 5.20. The van der Waals surface area contributed by atoms with Crippen LogP contribution in [-0.4, -0.2) is 15.6 Å². The Balaban J connectivity index is 1.96. The fraction of sp³-hybridized carbons (Fsp3) is 0.176. The third-order valence-corrected chi connectivity index (χ3v) is 4.49. The summed E-state index contributed by atoms with van der Waals surface area (Å²) in [4.78, 5) is 24.4. The molecule has 0 N–H and O–H groups in total. The van der Waals surface area contributed by atoms with Crippen LogP contribution in [0.2, 0.25) is 0 Å². The summed E-state index contributed by atoms with van der Waals surface area (Å²) in [6.45, 7) is 2.22. The van der Waals surface area contributed by atoms with Gasteiger partial charge in [-0.25, -0.2) is 13.3 Å². The highest BCUT2D eigenvalue weighted by Gasteiger charge is 2.12. The molecule has 0 aliphatic rings. The van der Waals surface area contributed by atoms with E-state index in [2.05, 4.69) is 0 Å². The quantitative estimate of drug-likeness (QED) is 0.739. The van der Waals surface area contributed by atoms with Crippen molar-refractivity contribution >= 4 is 11.5 Å². The van der Waals surface area contributed by atoms with Gasteiger partial charge in [-0.3, -0.25) is 4.79 Å². The van der Waals surface area contributed by atoms with Gasteiger partial charge >= 0.3 is 10.6 Å². The Morgan fingerprint density at radius 2 is 1.65 bits per heavy atom. The van der Waals surface area contributed by atoms with Crippen molar-refractivity contribution in [2.24, 2.45) is 0 Å². The van der Waals surface area contributed by atoms with Crippen molar-refractivity contribution in [3.05, 3.63) is 79.8 Å². The summed E-state index contributed by atoms with van der Waals surface area (Å²) in [5.74, 6) is 0.739. The van der Waals surface area contributed by atoms with E-state index in [0.29, 0.717) is 5.69 Å². The van der Waals surface area contributed by atoms with Gasteiger partial charge in [0.05, 0.1) is 19.3 Å². The maximum Gasteiger partial charge on any atom is 0.346 e. The second-order valence-corrected chi connectivity index (χ2v) is 6.10. The van der Waals surface area contributed by atoms with Crippen LogP contribution in [0.5, 0.6) is 5.75 Å². The summed E-state index contributed by atoms with van der Waals surface area (Å²) in [5.41, 5.74) is 2.36. The molecule has 0 saturated carbocycles. The van der Waals surface area contributed by atoms with E-state index >= 15 is 0 Å². The van der Waals surface area contributed by atoms with Crippen molar-refractivity contribution in [3.8, 4) is 11.4 Å². The number of benzene rings is 2. The average Bonchev–Trinajstić information content (AvgIpc) is 2.84. The van der Waals surface area contributed by atoms with Crippen LogP contribution in [0.3, 0.4) is 0 Å². The van der Waals surface area contributed by atoms with E-state index in [4.69, 9.17) is 4.74 Å². The molecule has 0 fully saturated rings. The molecule has 3 rings (SSSR count). The number of methoxy groups -OCH3 is 1. The molecule has 5 nitrogen and oxygen atoms in total. The molecule has 0 aliphatic carbocycles. The SMILES string of the molecule is COc1ccc(Cn2c(=O)sn(-c3ccc(C)cc3)c2=O)cc1. The Morgan fingerprint density at radius 3 is 2.26 bits per heavy atom. The van der Waals surface area contributed by atoms with Crippen molar-refractivity contribution < 1.29 is 4.74 Å². The van der Waals surface area contributed by atoms with Gasteiger partial charge < -0.3 is 4.74 Å². The molecular weight excluding hydrogens is 312 g/mol. The molecule has 118 valence electrons. The summed E-state index contributed by atoms with van der Waals surface area (Å²) in [6, 6.07) is 14.8. The Bertz CT molecular complexity index is 918. The van der Waals surface area contributed by atoms with Gasteiger partial charge in [0.25, 0.3) is 0 Å². The van der Waals surface area contributed by atoms with E-state index in [1.54, 1.807) is 7.11 Å². The largest absolute Gasteiger partial charge is 0.497 e. The Labute approximate surface area is 137 Å². The number of ether oxygens (including phenoxy) is 1. The van der Waals surface area contributed by atoms with Crippen LogP contribution in [0.15, 0.2) is 58.1 Å². The minimum atomic E-state index is -0.320. The van der Waals surface area contributed by atoms with Gasteiger partial charge in [0.15, 0.2) is 0 Å². The topological polar surface area (TPSA) is 53.2 Å². The predicted molar refractivity (Wildman–Crippen MR) is 91.0 cm³/mol. The van der Waals surface area contributed by atoms with Crippen LogP contribution >= 0.6 is 11.5 Å². The lowest BCUT2D eigenvalue weighted by Gasteiger charge is -2.03. The van der Waals surface area contributed by atoms with Gasteiger partial charge in [0.2, 0.25) is 0 Å². The van der Waals surface area contributed by atoms with Gasteiger partial charge in [-0.15, -0.1) is 0 Å². The molecule has 3 aromatic rings. The minimum Gasteiger partial charge on any atom is -0.497 e. The molecule has 0 radical (unpaired) electrons. The fourth-order valence-electron chi connectivity index (χ4n) is 2.24. The molecular formula is C17H16N2O3S. The first kappa shape index (κ1) is 15.3. The van der Waals surface area contributed by atoms with E-state index < -0.39 is 0 Å². The Kier molecular flexibility index (Phi) is 4.16.